The number of rotatable bonds is 9. The Bertz CT molecular complexity index is 365. The molecule has 1 unspecified atom stereocenters. The molecule has 1 atom stereocenters. The van der Waals surface area contributed by atoms with Gasteiger partial charge in [-0.15, -0.1) is 0 Å². The second-order valence-corrected chi connectivity index (χ2v) is 6.09. The molecule has 22 heavy (non-hydrogen) atoms. The molecule has 0 bridgehead atoms. The number of esters is 1. The Balaban J connectivity index is 0. The van der Waals surface area contributed by atoms with Gasteiger partial charge in [0, 0.05) is 13.3 Å². The van der Waals surface area contributed by atoms with E-state index < -0.39 is 5.60 Å². The standard InChI is InChI=1S/C12H20O2.C7H14O/c1-6-12(5,14-11(4)13)9-7-8-10(2)3;1-3-4-5-6-7(2)8/h6,8H,1,7,9H2,2-5H3;3-6H2,1-2H3. The molecule has 3 nitrogen and oxygen atoms in total. The molecule has 0 fully saturated rings. The topological polar surface area (TPSA) is 43.4 Å². The molecule has 0 aromatic rings. The van der Waals surface area contributed by atoms with Crippen LogP contribution >= 0.6 is 0 Å². The van der Waals surface area contributed by atoms with Crippen LogP contribution in [0, 0.1) is 0 Å². The maximum atomic E-state index is 10.8. The molecule has 128 valence electrons. The lowest BCUT2D eigenvalue weighted by atomic mass is 9.99. The maximum absolute atomic E-state index is 10.8. The fourth-order valence-corrected chi connectivity index (χ4v) is 1.79. The number of carbonyl (C=O) groups is 2. The van der Waals surface area contributed by atoms with Crippen molar-refractivity contribution in [3.8, 4) is 0 Å². The van der Waals surface area contributed by atoms with Crippen LogP contribution in [0.4, 0.5) is 0 Å². The number of ether oxygens (including phenoxy) is 1. The van der Waals surface area contributed by atoms with Crippen LogP contribution in [0.1, 0.15) is 80.1 Å². The molecule has 0 spiro atoms. The molecule has 0 aliphatic heterocycles. The lowest BCUT2D eigenvalue weighted by Crippen LogP contribution is -2.27. The van der Waals surface area contributed by atoms with Gasteiger partial charge in [-0.25, -0.2) is 0 Å². The molecule has 0 saturated carbocycles. The molecule has 3 heteroatoms. The van der Waals surface area contributed by atoms with Gasteiger partial charge >= 0.3 is 5.97 Å². The number of allylic oxidation sites excluding steroid dienone is 2. The summed E-state index contributed by atoms with van der Waals surface area (Å²) in [5, 5.41) is 0. The highest BCUT2D eigenvalue weighted by molar-refractivity contribution is 5.75. The van der Waals surface area contributed by atoms with Crippen LogP contribution in [-0.2, 0) is 14.3 Å². The second-order valence-electron chi connectivity index (χ2n) is 6.09. The van der Waals surface area contributed by atoms with Crippen LogP contribution in [0.5, 0.6) is 0 Å². The first kappa shape index (κ1) is 22.9. The number of Topliss-reactive ketones (excluding diaryl/α,β-unsaturated/α-hetero) is 1. The van der Waals surface area contributed by atoms with Gasteiger partial charge in [-0.2, -0.15) is 0 Å². The Morgan fingerprint density at radius 1 is 1.14 bits per heavy atom. The van der Waals surface area contributed by atoms with E-state index in [4.69, 9.17) is 4.74 Å². The number of hydrogen-bond acceptors (Lipinski definition) is 3. The fourth-order valence-electron chi connectivity index (χ4n) is 1.79. The minimum Gasteiger partial charge on any atom is -0.455 e. The minimum absolute atomic E-state index is 0.260. The molecule has 0 saturated heterocycles. The van der Waals surface area contributed by atoms with Gasteiger partial charge in [0.25, 0.3) is 0 Å². The monoisotopic (exact) mass is 310 g/mol. The zero-order chi connectivity index (χ0) is 17.6. The van der Waals surface area contributed by atoms with Crippen LogP contribution in [0.2, 0.25) is 0 Å². The van der Waals surface area contributed by atoms with E-state index in [1.54, 1.807) is 13.0 Å². The third-order valence-corrected chi connectivity index (χ3v) is 3.13. The highest BCUT2D eigenvalue weighted by Crippen LogP contribution is 2.19. The Hall–Kier alpha value is -1.38. The normalized spacial score (nSPS) is 12.3. The molecular weight excluding hydrogens is 276 g/mol. The summed E-state index contributed by atoms with van der Waals surface area (Å²) in [6.07, 6.45) is 9.74. The van der Waals surface area contributed by atoms with Gasteiger partial charge in [-0.05, 0) is 53.0 Å². The van der Waals surface area contributed by atoms with Crippen molar-refractivity contribution in [2.75, 3.05) is 0 Å². The van der Waals surface area contributed by atoms with Crippen LogP contribution in [0.3, 0.4) is 0 Å². The molecule has 0 heterocycles. The summed E-state index contributed by atoms with van der Waals surface area (Å²) in [5.41, 5.74) is 0.747. The highest BCUT2D eigenvalue weighted by Gasteiger charge is 2.22. The Labute approximate surface area is 136 Å². The van der Waals surface area contributed by atoms with E-state index in [1.807, 2.05) is 6.92 Å². The van der Waals surface area contributed by atoms with Crippen molar-refractivity contribution in [2.45, 2.75) is 85.7 Å². The lowest BCUT2D eigenvalue weighted by molar-refractivity contribution is -0.151. The summed E-state index contributed by atoms with van der Waals surface area (Å²) in [4.78, 5) is 21.1. The van der Waals surface area contributed by atoms with Gasteiger partial charge in [-0.1, -0.05) is 38.0 Å². The highest BCUT2D eigenvalue weighted by atomic mass is 16.6. The van der Waals surface area contributed by atoms with Crippen molar-refractivity contribution >= 4 is 11.8 Å². The van der Waals surface area contributed by atoms with E-state index >= 15 is 0 Å². The van der Waals surface area contributed by atoms with Crippen LogP contribution in [0.15, 0.2) is 24.3 Å². The van der Waals surface area contributed by atoms with Gasteiger partial charge in [0.1, 0.15) is 11.4 Å². The Morgan fingerprint density at radius 2 is 1.73 bits per heavy atom. The molecule has 0 radical (unpaired) electrons. The van der Waals surface area contributed by atoms with Crippen molar-refractivity contribution in [3.05, 3.63) is 24.3 Å². The predicted octanol–water partition coefficient (Wildman–Crippen LogP) is 5.40. The summed E-state index contributed by atoms with van der Waals surface area (Å²) < 4.78 is 5.18. The molecule has 0 aliphatic rings. The lowest BCUT2D eigenvalue weighted by Gasteiger charge is -2.24. The van der Waals surface area contributed by atoms with Crippen LogP contribution in [0.25, 0.3) is 0 Å². The zero-order valence-corrected chi connectivity index (χ0v) is 15.3. The number of ketones is 1. The molecular formula is C19H34O3. The zero-order valence-electron chi connectivity index (χ0n) is 15.3. The average Bonchev–Trinajstić information content (AvgIpc) is 2.38. The molecule has 0 amide bonds. The van der Waals surface area contributed by atoms with E-state index in [1.165, 1.54) is 25.3 Å². The first-order valence-electron chi connectivity index (χ1n) is 8.12. The summed E-state index contributed by atoms with van der Waals surface area (Å²) in [6.45, 7) is 14.9. The molecule has 0 aromatic heterocycles. The number of unbranched alkanes of at least 4 members (excludes halogenated alkanes) is 2. The van der Waals surface area contributed by atoms with E-state index in [0.717, 1.165) is 25.7 Å². The van der Waals surface area contributed by atoms with E-state index in [2.05, 4.69) is 33.4 Å². The van der Waals surface area contributed by atoms with E-state index in [-0.39, 0.29) is 5.97 Å². The Kier molecular flexibility index (Phi) is 13.8. The quantitative estimate of drug-likeness (QED) is 0.325. The van der Waals surface area contributed by atoms with Gasteiger partial charge < -0.3 is 9.53 Å². The van der Waals surface area contributed by atoms with Crippen LogP contribution in [-0.4, -0.2) is 17.4 Å². The van der Waals surface area contributed by atoms with Crippen molar-refractivity contribution in [1.82, 2.24) is 0 Å². The van der Waals surface area contributed by atoms with E-state index in [9.17, 15) is 9.59 Å². The fraction of sp³-hybridized carbons (Fsp3) is 0.684. The predicted molar refractivity (Wildman–Crippen MR) is 93.9 cm³/mol. The SMILES string of the molecule is C=CC(C)(CCC=C(C)C)OC(C)=O.CCCCCC(C)=O. The summed E-state index contributed by atoms with van der Waals surface area (Å²) in [7, 11) is 0. The number of carbonyl (C=O) groups excluding carboxylic acids is 2. The van der Waals surface area contributed by atoms with Crippen molar-refractivity contribution < 1.29 is 14.3 Å². The Morgan fingerprint density at radius 3 is 2.09 bits per heavy atom. The number of hydrogen-bond donors (Lipinski definition) is 0. The summed E-state index contributed by atoms with van der Waals surface area (Å²) >= 11 is 0. The van der Waals surface area contributed by atoms with Crippen molar-refractivity contribution in [2.24, 2.45) is 0 Å². The first-order chi connectivity index (χ1) is 10.2. The van der Waals surface area contributed by atoms with E-state index in [0.29, 0.717) is 5.78 Å². The van der Waals surface area contributed by atoms with Crippen LogP contribution < -0.4 is 0 Å². The first-order valence-corrected chi connectivity index (χ1v) is 8.12. The average molecular weight is 310 g/mol. The minimum atomic E-state index is -0.530. The third-order valence-electron chi connectivity index (χ3n) is 3.13. The van der Waals surface area contributed by atoms with Crippen molar-refractivity contribution in [1.29, 1.82) is 0 Å². The van der Waals surface area contributed by atoms with Gasteiger partial charge in [0.15, 0.2) is 0 Å². The molecule has 0 aliphatic carbocycles. The summed E-state index contributed by atoms with van der Waals surface area (Å²) in [5.74, 6) is 0.0584. The second kappa shape index (κ2) is 13.3. The third kappa shape index (κ3) is 16.7. The molecule has 0 aromatic carbocycles. The van der Waals surface area contributed by atoms with Gasteiger partial charge in [0.2, 0.25) is 0 Å². The van der Waals surface area contributed by atoms with Crippen molar-refractivity contribution in [3.63, 3.8) is 0 Å². The maximum Gasteiger partial charge on any atom is 0.303 e. The summed E-state index contributed by atoms with van der Waals surface area (Å²) in [6, 6.07) is 0. The van der Waals surface area contributed by atoms with Gasteiger partial charge in [0.05, 0.1) is 0 Å². The molecule has 0 N–H and O–H groups in total. The largest absolute Gasteiger partial charge is 0.455 e. The molecule has 0 rings (SSSR count). The van der Waals surface area contributed by atoms with Gasteiger partial charge in [-0.3, -0.25) is 4.79 Å². The smallest absolute Gasteiger partial charge is 0.303 e.